The van der Waals surface area contributed by atoms with Gasteiger partial charge < -0.3 is 9.47 Å². The molecule has 0 amide bonds. The highest BCUT2D eigenvalue weighted by molar-refractivity contribution is 7.85. The van der Waals surface area contributed by atoms with Crippen LogP contribution in [0.25, 0.3) is 0 Å². The molecule has 116 valence electrons. The van der Waals surface area contributed by atoms with E-state index in [1.54, 1.807) is 7.11 Å². The maximum absolute atomic E-state index is 12.4. The Balaban J connectivity index is 1.67. The van der Waals surface area contributed by atoms with Gasteiger partial charge in [0.1, 0.15) is 17.6 Å². The van der Waals surface area contributed by atoms with Crippen molar-refractivity contribution in [2.24, 2.45) is 0 Å². The van der Waals surface area contributed by atoms with Gasteiger partial charge in [-0.05, 0) is 55.7 Å². The van der Waals surface area contributed by atoms with E-state index in [-0.39, 0.29) is 6.10 Å². The molecule has 0 aromatic heterocycles. The quantitative estimate of drug-likeness (QED) is 0.866. The molecule has 2 aromatic carbocycles. The number of aryl methyl sites for hydroxylation is 2. The summed E-state index contributed by atoms with van der Waals surface area (Å²) in [6, 6.07) is 13.7. The molecule has 0 fully saturated rings. The van der Waals surface area contributed by atoms with Gasteiger partial charge in [0.25, 0.3) is 0 Å². The lowest BCUT2D eigenvalue weighted by molar-refractivity contribution is 0.195. The van der Waals surface area contributed by atoms with Crippen molar-refractivity contribution in [1.29, 1.82) is 0 Å². The Labute approximate surface area is 133 Å². The van der Waals surface area contributed by atoms with Crippen LogP contribution in [0.2, 0.25) is 0 Å². The van der Waals surface area contributed by atoms with E-state index >= 15 is 0 Å². The van der Waals surface area contributed by atoms with E-state index in [0.717, 1.165) is 34.8 Å². The molecule has 0 saturated heterocycles. The normalized spacial score (nSPS) is 18.2. The van der Waals surface area contributed by atoms with Crippen molar-refractivity contribution in [3.63, 3.8) is 0 Å². The van der Waals surface area contributed by atoms with E-state index in [4.69, 9.17) is 9.47 Å². The van der Waals surface area contributed by atoms with E-state index in [9.17, 15) is 4.21 Å². The maximum Gasteiger partial charge on any atom is 0.123 e. The fraction of sp³-hybridized carbons (Fsp3) is 0.333. The van der Waals surface area contributed by atoms with Gasteiger partial charge in [0.2, 0.25) is 0 Å². The van der Waals surface area contributed by atoms with Crippen LogP contribution in [0.4, 0.5) is 0 Å². The van der Waals surface area contributed by atoms with Gasteiger partial charge in [-0.3, -0.25) is 4.21 Å². The molecule has 1 aliphatic rings. The zero-order valence-corrected chi connectivity index (χ0v) is 13.7. The lowest BCUT2D eigenvalue weighted by Gasteiger charge is -2.26. The summed E-state index contributed by atoms with van der Waals surface area (Å²) in [7, 11) is 0.644. The Morgan fingerprint density at radius 1 is 1.23 bits per heavy atom. The fourth-order valence-electron chi connectivity index (χ4n) is 2.62. The Bertz CT molecular complexity index is 679. The molecule has 1 heterocycles. The molecular formula is C18H20O3S. The van der Waals surface area contributed by atoms with Crippen LogP contribution in [-0.4, -0.2) is 23.2 Å². The second-order valence-electron chi connectivity index (χ2n) is 5.58. The minimum atomic E-state index is -1.02. The average Bonchev–Trinajstić information content (AvgIpc) is 2.55. The minimum Gasteiger partial charge on any atom is -0.497 e. The van der Waals surface area contributed by atoms with Crippen LogP contribution in [0.3, 0.4) is 0 Å². The molecule has 0 saturated carbocycles. The van der Waals surface area contributed by atoms with Crippen molar-refractivity contribution in [1.82, 2.24) is 0 Å². The first kappa shape index (κ1) is 15.1. The van der Waals surface area contributed by atoms with E-state index in [1.165, 1.54) is 5.56 Å². The van der Waals surface area contributed by atoms with Gasteiger partial charge in [-0.25, -0.2) is 0 Å². The molecule has 22 heavy (non-hydrogen) atoms. The topological polar surface area (TPSA) is 35.5 Å². The molecule has 0 aliphatic carbocycles. The molecule has 1 aliphatic heterocycles. The van der Waals surface area contributed by atoms with Gasteiger partial charge in [0.15, 0.2) is 0 Å². The molecule has 0 N–H and O–H groups in total. The molecule has 4 heteroatoms. The van der Waals surface area contributed by atoms with Crippen LogP contribution in [0.15, 0.2) is 47.4 Å². The number of fused-ring (bicyclic) bond motifs is 1. The Kier molecular flexibility index (Phi) is 4.48. The molecule has 0 bridgehead atoms. The van der Waals surface area contributed by atoms with Crippen molar-refractivity contribution >= 4 is 10.8 Å². The molecule has 0 spiro atoms. The van der Waals surface area contributed by atoms with Crippen molar-refractivity contribution < 1.29 is 13.7 Å². The molecule has 3 nitrogen and oxygen atoms in total. The first-order chi connectivity index (χ1) is 10.7. The van der Waals surface area contributed by atoms with E-state index < -0.39 is 10.8 Å². The van der Waals surface area contributed by atoms with Crippen LogP contribution in [0.5, 0.6) is 11.5 Å². The SMILES string of the molecule is COc1ccc2c(c1)CC[C@@H](C[S@@](=O)c1ccc(C)cc1)O2. The molecule has 2 aromatic rings. The fourth-order valence-corrected chi connectivity index (χ4v) is 3.83. The average molecular weight is 316 g/mol. The Morgan fingerprint density at radius 2 is 2.00 bits per heavy atom. The third kappa shape index (κ3) is 3.33. The predicted molar refractivity (Wildman–Crippen MR) is 88.2 cm³/mol. The summed E-state index contributed by atoms with van der Waals surface area (Å²) in [6.45, 7) is 2.03. The first-order valence-corrected chi connectivity index (χ1v) is 8.76. The number of hydrogen-bond acceptors (Lipinski definition) is 3. The van der Waals surface area contributed by atoms with Crippen LogP contribution >= 0.6 is 0 Å². The third-order valence-electron chi connectivity index (χ3n) is 3.92. The number of hydrogen-bond donors (Lipinski definition) is 0. The van der Waals surface area contributed by atoms with Crippen molar-refractivity contribution in [3.05, 3.63) is 53.6 Å². The highest BCUT2D eigenvalue weighted by Gasteiger charge is 2.22. The van der Waals surface area contributed by atoms with Crippen LogP contribution in [-0.2, 0) is 17.2 Å². The maximum atomic E-state index is 12.4. The van der Waals surface area contributed by atoms with Crippen molar-refractivity contribution in [2.45, 2.75) is 30.8 Å². The second kappa shape index (κ2) is 6.53. The van der Waals surface area contributed by atoms with Gasteiger partial charge in [0, 0.05) is 4.90 Å². The van der Waals surface area contributed by atoms with Crippen LogP contribution < -0.4 is 9.47 Å². The van der Waals surface area contributed by atoms with Gasteiger partial charge >= 0.3 is 0 Å². The molecule has 0 radical (unpaired) electrons. The largest absolute Gasteiger partial charge is 0.497 e. The summed E-state index contributed by atoms with van der Waals surface area (Å²) in [5.74, 6) is 2.27. The molecular weight excluding hydrogens is 296 g/mol. The summed E-state index contributed by atoms with van der Waals surface area (Å²) in [4.78, 5) is 0.870. The lowest BCUT2D eigenvalue weighted by atomic mass is 10.0. The molecule has 3 rings (SSSR count). The van der Waals surface area contributed by atoms with Gasteiger partial charge in [-0.1, -0.05) is 17.7 Å². The summed E-state index contributed by atoms with van der Waals surface area (Å²) in [5.41, 5.74) is 2.34. The van der Waals surface area contributed by atoms with Gasteiger partial charge in [0.05, 0.1) is 23.7 Å². The highest BCUT2D eigenvalue weighted by atomic mass is 32.2. The summed E-state index contributed by atoms with van der Waals surface area (Å²) in [6.07, 6.45) is 1.82. The standard InChI is InChI=1S/C18H20O3S/c1-13-3-8-17(9-4-13)22(19)12-16-6-5-14-11-15(20-2)7-10-18(14)21-16/h3-4,7-11,16H,5-6,12H2,1-2H3/t16-,22+/m0/s1. The van der Waals surface area contributed by atoms with Crippen LogP contribution in [0.1, 0.15) is 17.5 Å². The number of methoxy groups -OCH3 is 1. The van der Waals surface area contributed by atoms with Crippen LogP contribution in [0, 0.1) is 6.92 Å². The summed E-state index contributed by atoms with van der Waals surface area (Å²) in [5, 5.41) is 0. The smallest absolute Gasteiger partial charge is 0.123 e. The minimum absolute atomic E-state index is 0.00281. The third-order valence-corrected chi connectivity index (χ3v) is 5.39. The monoisotopic (exact) mass is 316 g/mol. The lowest BCUT2D eigenvalue weighted by Crippen LogP contribution is -2.28. The summed E-state index contributed by atoms with van der Waals surface area (Å²) >= 11 is 0. The molecule has 0 unspecified atom stereocenters. The Morgan fingerprint density at radius 3 is 2.73 bits per heavy atom. The second-order valence-corrected chi connectivity index (χ2v) is 7.07. The summed E-state index contributed by atoms with van der Waals surface area (Å²) < 4.78 is 23.7. The van der Waals surface area contributed by atoms with Crippen molar-refractivity contribution in [3.8, 4) is 11.5 Å². The number of rotatable bonds is 4. The Hall–Kier alpha value is -1.81. The van der Waals surface area contributed by atoms with E-state index in [1.807, 2.05) is 49.4 Å². The predicted octanol–water partition coefficient (Wildman–Crippen LogP) is 3.51. The van der Waals surface area contributed by atoms with Gasteiger partial charge in [-0.15, -0.1) is 0 Å². The van der Waals surface area contributed by atoms with E-state index in [2.05, 4.69) is 0 Å². The van der Waals surface area contributed by atoms with Crippen molar-refractivity contribution in [2.75, 3.05) is 12.9 Å². The highest BCUT2D eigenvalue weighted by Crippen LogP contribution is 2.31. The first-order valence-electron chi connectivity index (χ1n) is 7.44. The zero-order valence-electron chi connectivity index (χ0n) is 12.9. The van der Waals surface area contributed by atoms with E-state index in [0.29, 0.717) is 5.75 Å². The van der Waals surface area contributed by atoms with Gasteiger partial charge in [-0.2, -0.15) is 0 Å². The number of ether oxygens (including phenoxy) is 2. The molecule has 2 atom stereocenters. The number of benzene rings is 2. The zero-order chi connectivity index (χ0) is 15.5.